The zero-order valence-electron chi connectivity index (χ0n) is 9.02. The molecule has 0 aliphatic rings. The van der Waals surface area contributed by atoms with E-state index in [-0.39, 0.29) is 12.0 Å². The number of esters is 1. The molecule has 4 nitrogen and oxygen atoms in total. The first-order valence-corrected chi connectivity index (χ1v) is 4.68. The molecule has 14 heavy (non-hydrogen) atoms. The van der Waals surface area contributed by atoms with Gasteiger partial charge in [-0.3, -0.25) is 0 Å². The van der Waals surface area contributed by atoms with E-state index in [1.165, 1.54) is 7.11 Å². The zero-order valence-corrected chi connectivity index (χ0v) is 9.02. The number of carbonyl (C=O) groups is 1. The van der Waals surface area contributed by atoms with Crippen molar-refractivity contribution in [3.05, 3.63) is 18.2 Å². The van der Waals surface area contributed by atoms with E-state index in [0.29, 0.717) is 5.92 Å². The molecule has 1 aromatic heterocycles. The fourth-order valence-electron chi connectivity index (χ4n) is 1.38. The predicted molar refractivity (Wildman–Crippen MR) is 53.0 cm³/mol. The van der Waals surface area contributed by atoms with Crippen molar-refractivity contribution in [2.75, 3.05) is 7.11 Å². The lowest BCUT2D eigenvalue weighted by molar-refractivity contribution is -0.144. The maximum absolute atomic E-state index is 11.3. The number of aromatic nitrogens is 2. The molecule has 1 rings (SSSR count). The van der Waals surface area contributed by atoms with E-state index >= 15 is 0 Å². The summed E-state index contributed by atoms with van der Waals surface area (Å²) in [6.45, 7) is 5.89. The summed E-state index contributed by atoms with van der Waals surface area (Å²) in [7, 11) is 1.39. The minimum atomic E-state index is -0.306. The molecular weight excluding hydrogens is 180 g/mol. The monoisotopic (exact) mass is 196 g/mol. The third kappa shape index (κ3) is 1.95. The van der Waals surface area contributed by atoms with Gasteiger partial charge in [-0.25, -0.2) is 9.78 Å². The maximum atomic E-state index is 11.3. The number of hydrogen-bond donors (Lipinski definition) is 0. The highest BCUT2D eigenvalue weighted by Crippen LogP contribution is 2.17. The molecule has 0 aromatic carbocycles. The lowest BCUT2D eigenvalue weighted by Gasteiger charge is -2.15. The Morgan fingerprint density at radius 3 is 2.64 bits per heavy atom. The summed E-state index contributed by atoms with van der Waals surface area (Å²) in [6.07, 6.45) is 3.51. The van der Waals surface area contributed by atoms with E-state index in [1.807, 2.05) is 18.4 Å². The Kier molecular flexibility index (Phi) is 3.28. The molecule has 0 radical (unpaired) electrons. The van der Waals surface area contributed by atoms with Gasteiger partial charge in [-0.1, -0.05) is 13.8 Å². The minimum absolute atomic E-state index is 0.245. The molecule has 0 saturated heterocycles. The number of imidazole rings is 1. The van der Waals surface area contributed by atoms with Gasteiger partial charge in [0, 0.05) is 18.3 Å². The fraction of sp³-hybridized carbons (Fsp3) is 0.600. The summed E-state index contributed by atoms with van der Waals surface area (Å²) in [4.78, 5) is 15.5. The standard InChI is InChI=1S/C10H16N2O2/c1-7(2)9-11-5-6-12(9)8(3)10(13)14-4/h5-8H,1-4H3. The Bertz CT molecular complexity index is 318. The fourth-order valence-corrected chi connectivity index (χ4v) is 1.38. The molecule has 0 aliphatic carbocycles. The van der Waals surface area contributed by atoms with Gasteiger partial charge in [0.2, 0.25) is 0 Å². The van der Waals surface area contributed by atoms with E-state index in [2.05, 4.69) is 9.72 Å². The van der Waals surface area contributed by atoms with Gasteiger partial charge in [0.25, 0.3) is 0 Å². The first-order chi connectivity index (χ1) is 6.57. The van der Waals surface area contributed by atoms with Crippen molar-refractivity contribution in [3.8, 4) is 0 Å². The van der Waals surface area contributed by atoms with Gasteiger partial charge in [0.15, 0.2) is 0 Å². The van der Waals surface area contributed by atoms with Gasteiger partial charge in [-0.15, -0.1) is 0 Å². The van der Waals surface area contributed by atoms with Gasteiger partial charge in [-0.05, 0) is 6.92 Å². The minimum Gasteiger partial charge on any atom is -0.467 e. The van der Waals surface area contributed by atoms with Gasteiger partial charge < -0.3 is 9.30 Å². The Hall–Kier alpha value is -1.32. The molecule has 0 spiro atoms. The Morgan fingerprint density at radius 2 is 2.14 bits per heavy atom. The van der Waals surface area contributed by atoms with Crippen molar-refractivity contribution >= 4 is 5.97 Å². The van der Waals surface area contributed by atoms with Crippen LogP contribution in [0.5, 0.6) is 0 Å². The second-order valence-corrected chi connectivity index (χ2v) is 3.55. The van der Waals surface area contributed by atoms with Crippen LogP contribution in [0.3, 0.4) is 0 Å². The third-order valence-electron chi connectivity index (χ3n) is 2.17. The first kappa shape index (κ1) is 10.8. The normalized spacial score (nSPS) is 12.9. The van der Waals surface area contributed by atoms with Crippen LogP contribution in [0.15, 0.2) is 12.4 Å². The predicted octanol–water partition coefficient (Wildman–Crippen LogP) is 1.74. The first-order valence-electron chi connectivity index (χ1n) is 4.68. The number of carbonyl (C=O) groups excluding carboxylic acids is 1. The zero-order chi connectivity index (χ0) is 10.7. The lowest BCUT2D eigenvalue weighted by atomic mass is 10.2. The molecule has 0 fully saturated rings. The number of hydrogen-bond acceptors (Lipinski definition) is 3. The maximum Gasteiger partial charge on any atom is 0.328 e. The highest BCUT2D eigenvalue weighted by molar-refractivity contribution is 5.73. The largest absolute Gasteiger partial charge is 0.467 e. The van der Waals surface area contributed by atoms with E-state index in [0.717, 1.165) is 5.82 Å². The van der Waals surface area contributed by atoms with Crippen LogP contribution in [0.4, 0.5) is 0 Å². The molecule has 1 atom stereocenters. The van der Waals surface area contributed by atoms with Gasteiger partial charge in [0.05, 0.1) is 7.11 Å². The second-order valence-electron chi connectivity index (χ2n) is 3.55. The smallest absolute Gasteiger partial charge is 0.328 e. The van der Waals surface area contributed by atoms with Crippen molar-refractivity contribution in [3.63, 3.8) is 0 Å². The number of rotatable bonds is 3. The van der Waals surface area contributed by atoms with Crippen LogP contribution in [0.2, 0.25) is 0 Å². The molecule has 4 heteroatoms. The van der Waals surface area contributed by atoms with E-state index < -0.39 is 0 Å². The molecule has 0 N–H and O–H groups in total. The molecule has 0 saturated carbocycles. The molecular formula is C10H16N2O2. The molecule has 1 aromatic rings. The third-order valence-corrected chi connectivity index (χ3v) is 2.17. The van der Waals surface area contributed by atoms with Crippen molar-refractivity contribution in [2.24, 2.45) is 0 Å². The average Bonchev–Trinajstić information content (AvgIpc) is 2.63. The van der Waals surface area contributed by atoms with E-state index in [9.17, 15) is 4.79 Å². The topological polar surface area (TPSA) is 44.1 Å². The van der Waals surface area contributed by atoms with Crippen molar-refractivity contribution < 1.29 is 9.53 Å². The van der Waals surface area contributed by atoms with Crippen LogP contribution < -0.4 is 0 Å². The number of methoxy groups -OCH3 is 1. The molecule has 0 aliphatic heterocycles. The van der Waals surface area contributed by atoms with E-state index in [4.69, 9.17) is 0 Å². The summed E-state index contributed by atoms with van der Waals surface area (Å²) < 4.78 is 6.53. The summed E-state index contributed by atoms with van der Waals surface area (Å²) in [5.41, 5.74) is 0. The summed E-state index contributed by atoms with van der Waals surface area (Å²) >= 11 is 0. The molecule has 78 valence electrons. The quantitative estimate of drug-likeness (QED) is 0.692. The van der Waals surface area contributed by atoms with Crippen LogP contribution >= 0.6 is 0 Å². The van der Waals surface area contributed by atoms with Crippen LogP contribution in [0, 0.1) is 0 Å². The Labute approximate surface area is 83.9 Å². The van der Waals surface area contributed by atoms with Crippen molar-refractivity contribution in [1.29, 1.82) is 0 Å². The highest BCUT2D eigenvalue weighted by atomic mass is 16.5. The molecule has 0 amide bonds. The summed E-state index contributed by atoms with van der Waals surface area (Å²) in [5, 5.41) is 0. The van der Waals surface area contributed by atoms with Crippen LogP contribution in [-0.4, -0.2) is 22.6 Å². The van der Waals surface area contributed by atoms with Gasteiger partial charge in [0.1, 0.15) is 11.9 Å². The summed E-state index contributed by atoms with van der Waals surface area (Å²) in [6, 6.07) is -0.306. The SMILES string of the molecule is COC(=O)C(C)n1ccnc1C(C)C. The highest BCUT2D eigenvalue weighted by Gasteiger charge is 2.19. The van der Waals surface area contributed by atoms with Crippen LogP contribution in [-0.2, 0) is 9.53 Å². The van der Waals surface area contributed by atoms with Crippen molar-refractivity contribution in [2.45, 2.75) is 32.7 Å². The summed E-state index contributed by atoms with van der Waals surface area (Å²) in [5.74, 6) is 0.963. The molecule has 1 unspecified atom stereocenters. The molecule has 1 heterocycles. The van der Waals surface area contributed by atoms with Gasteiger partial charge >= 0.3 is 5.97 Å². The molecule has 0 bridgehead atoms. The van der Waals surface area contributed by atoms with Gasteiger partial charge in [-0.2, -0.15) is 0 Å². The number of ether oxygens (including phenoxy) is 1. The van der Waals surface area contributed by atoms with Crippen molar-refractivity contribution in [1.82, 2.24) is 9.55 Å². The van der Waals surface area contributed by atoms with E-state index in [1.54, 1.807) is 19.3 Å². The van der Waals surface area contributed by atoms with Crippen LogP contribution in [0.25, 0.3) is 0 Å². The number of nitrogens with zero attached hydrogens (tertiary/aromatic N) is 2. The Balaban J connectivity index is 2.94. The van der Waals surface area contributed by atoms with Crippen LogP contribution in [0.1, 0.15) is 38.6 Å². The average molecular weight is 196 g/mol. The lowest BCUT2D eigenvalue weighted by Crippen LogP contribution is -2.19. The second kappa shape index (κ2) is 4.26. The Morgan fingerprint density at radius 1 is 1.50 bits per heavy atom.